The van der Waals surface area contributed by atoms with Gasteiger partial charge in [0.1, 0.15) is 11.5 Å². The maximum Gasteiger partial charge on any atom is 0.252 e. The second-order valence-corrected chi connectivity index (χ2v) is 7.37. The molecule has 3 aromatic rings. The average molecular weight is 406 g/mol. The maximum absolute atomic E-state index is 12.3. The molecule has 0 aliphatic carbocycles. The highest BCUT2D eigenvalue weighted by Gasteiger charge is 2.31. The Hall–Kier alpha value is -3.32. The molecule has 156 valence electrons. The van der Waals surface area contributed by atoms with E-state index in [4.69, 9.17) is 14.5 Å². The Balaban J connectivity index is 1.55. The maximum atomic E-state index is 12.3. The fourth-order valence-corrected chi connectivity index (χ4v) is 3.93. The second-order valence-electron chi connectivity index (χ2n) is 7.37. The second kappa shape index (κ2) is 9.00. The topological polar surface area (TPSA) is 88.3 Å². The van der Waals surface area contributed by atoms with Crippen molar-refractivity contribution in [1.29, 1.82) is 0 Å². The van der Waals surface area contributed by atoms with E-state index in [-0.39, 0.29) is 17.4 Å². The number of aromatic nitrogens is 2. The summed E-state index contributed by atoms with van der Waals surface area (Å²) in [7, 11) is 3.31. The van der Waals surface area contributed by atoms with Gasteiger partial charge in [0.25, 0.3) is 5.56 Å². The first-order valence-corrected chi connectivity index (χ1v) is 9.99. The normalized spacial score (nSPS) is 18.2. The first-order chi connectivity index (χ1) is 14.7. The molecule has 1 aromatic heterocycles. The molecule has 0 bridgehead atoms. The van der Waals surface area contributed by atoms with Crippen LogP contribution in [0.25, 0.3) is 0 Å². The van der Waals surface area contributed by atoms with Gasteiger partial charge in [0.2, 0.25) is 5.95 Å². The fraction of sp³-hybridized carbons (Fsp3) is 0.304. The molecule has 0 spiro atoms. The number of hydrogen-bond donors (Lipinski definition) is 3. The van der Waals surface area contributed by atoms with E-state index in [1.54, 1.807) is 20.3 Å². The summed E-state index contributed by atoms with van der Waals surface area (Å²) in [6.07, 6.45) is 0. The minimum Gasteiger partial charge on any atom is -0.497 e. The van der Waals surface area contributed by atoms with Crippen LogP contribution in [0.2, 0.25) is 0 Å². The summed E-state index contributed by atoms with van der Waals surface area (Å²) in [5.74, 6) is 2.43. The van der Waals surface area contributed by atoms with Gasteiger partial charge in [0.15, 0.2) is 0 Å². The van der Waals surface area contributed by atoms with Gasteiger partial charge in [-0.15, -0.1) is 0 Å². The standard InChI is InChI=1S/C23H26N4O3/c1-29-17-7-3-5-15(9-17)12-25-23-26-21(11-22(28)27-23)20-14-24-13-19(20)16-6-4-8-18(10-16)30-2/h3-11,19-20,24H,12-14H2,1-2H3,(H2,25,26,27,28)/t19-,20+/m0/s1. The van der Waals surface area contributed by atoms with Gasteiger partial charge in [-0.05, 0) is 35.4 Å². The fourth-order valence-electron chi connectivity index (χ4n) is 3.93. The largest absolute Gasteiger partial charge is 0.497 e. The van der Waals surface area contributed by atoms with Gasteiger partial charge in [-0.1, -0.05) is 24.3 Å². The van der Waals surface area contributed by atoms with E-state index in [0.717, 1.165) is 35.8 Å². The summed E-state index contributed by atoms with van der Waals surface area (Å²) in [5, 5.41) is 6.67. The zero-order valence-electron chi connectivity index (χ0n) is 17.1. The van der Waals surface area contributed by atoms with Crippen molar-refractivity contribution >= 4 is 5.95 Å². The molecule has 3 N–H and O–H groups in total. The highest BCUT2D eigenvalue weighted by Crippen LogP contribution is 2.36. The van der Waals surface area contributed by atoms with Crippen LogP contribution in [0.3, 0.4) is 0 Å². The van der Waals surface area contributed by atoms with Crippen LogP contribution in [-0.4, -0.2) is 37.3 Å². The molecule has 1 aliphatic rings. The summed E-state index contributed by atoms with van der Waals surface area (Å²) >= 11 is 0. The number of methoxy groups -OCH3 is 2. The van der Waals surface area contributed by atoms with Crippen LogP contribution in [0.1, 0.15) is 28.7 Å². The molecule has 2 atom stereocenters. The number of benzene rings is 2. The first kappa shape index (κ1) is 20.0. The number of hydrogen-bond acceptors (Lipinski definition) is 6. The van der Waals surface area contributed by atoms with E-state index in [2.05, 4.69) is 27.8 Å². The number of H-pyrrole nitrogens is 1. The van der Waals surface area contributed by atoms with Crippen LogP contribution in [-0.2, 0) is 6.54 Å². The van der Waals surface area contributed by atoms with Gasteiger partial charge in [-0.25, -0.2) is 4.98 Å². The SMILES string of the molecule is COc1cccc(CNc2nc([C@@H]3CNC[C@H]3c3cccc(OC)c3)cc(=O)[nH]2)c1. The van der Waals surface area contributed by atoms with E-state index >= 15 is 0 Å². The van der Waals surface area contributed by atoms with Crippen molar-refractivity contribution in [3.05, 3.63) is 81.8 Å². The monoisotopic (exact) mass is 406 g/mol. The van der Waals surface area contributed by atoms with Gasteiger partial charge in [0.05, 0.1) is 19.9 Å². The Labute approximate surface area is 175 Å². The van der Waals surface area contributed by atoms with Gasteiger partial charge < -0.3 is 20.1 Å². The van der Waals surface area contributed by atoms with Crippen molar-refractivity contribution in [3.63, 3.8) is 0 Å². The summed E-state index contributed by atoms with van der Waals surface area (Å²) < 4.78 is 10.6. The Morgan fingerprint density at radius 3 is 2.53 bits per heavy atom. The Kier molecular flexibility index (Phi) is 5.99. The van der Waals surface area contributed by atoms with Crippen LogP contribution < -0.4 is 25.7 Å². The highest BCUT2D eigenvalue weighted by molar-refractivity contribution is 5.37. The van der Waals surface area contributed by atoms with Crippen LogP contribution >= 0.6 is 0 Å². The van der Waals surface area contributed by atoms with Gasteiger partial charge in [-0.2, -0.15) is 0 Å². The molecule has 2 heterocycles. The molecule has 1 aliphatic heterocycles. The zero-order valence-corrected chi connectivity index (χ0v) is 17.1. The predicted molar refractivity (Wildman–Crippen MR) is 117 cm³/mol. The van der Waals surface area contributed by atoms with Crippen molar-refractivity contribution in [3.8, 4) is 11.5 Å². The van der Waals surface area contributed by atoms with Crippen molar-refractivity contribution < 1.29 is 9.47 Å². The molecular formula is C23H26N4O3. The smallest absolute Gasteiger partial charge is 0.252 e. The van der Waals surface area contributed by atoms with E-state index < -0.39 is 0 Å². The van der Waals surface area contributed by atoms with Gasteiger partial charge in [0, 0.05) is 37.5 Å². The number of aromatic amines is 1. The molecule has 2 aromatic carbocycles. The molecule has 30 heavy (non-hydrogen) atoms. The van der Waals surface area contributed by atoms with E-state index in [9.17, 15) is 4.79 Å². The number of nitrogens with zero attached hydrogens (tertiary/aromatic N) is 1. The molecular weight excluding hydrogens is 380 g/mol. The van der Waals surface area contributed by atoms with E-state index in [1.165, 1.54) is 5.56 Å². The van der Waals surface area contributed by atoms with Gasteiger partial charge >= 0.3 is 0 Å². The van der Waals surface area contributed by atoms with E-state index in [0.29, 0.717) is 12.5 Å². The van der Waals surface area contributed by atoms with E-state index in [1.807, 2.05) is 36.4 Å². The number of rotatable bonds is 7. The summed E-state index contributed by atoms with van der Waals surface area (Å²) in [6.45, 7) is 2.14. The Morgan fingerprint density at radius 1 is 1.00 bits per heavy atom. The lowest BCUT2D eigenvalue weighted by molar-refractivity contribution is 0.413. The highest BCUT2D eigenvalue weighted by atomic mass is 16.5. The lowest BCUT2D eigenvalue weighted by Crippen LogP contribution is -2.18. The minimum atomic E-state index is -0.163. The molecule has 1 saturated heterocycles. The van der Waals surface area contributed by atoms with Crippen LogP contribution in [0.4, 0.5) is 5.95 Å². The summed E-state index contributed by atoms with van der Waals surface area (Å²) in [5.41, 5.74) is 2.84. The number of anilines is 1. The molecule has 0 saturated carbocycles. The van der Waals surface area contributed by atoms with Crippen LogP contribution in [0, 0.1) is 0 Å². The Bertz CT molecular complexity index is 1070. The van der Waals surface area contributed by atoms with Crippen molar-refractivity contribution in [2.75, 3.05) is 32.6 Å². The molecule has 7 nitrogen and oxygen atoms in total. The minimum absolute atomic E-state index is 0.108. The van der Waals surface area contributed by atoms with Crippen molar-refractivity contribution in [2.24, 2.45) is 0 Å². The molecule has 7 heteroatoms. The summed E-state index contributed by atoms with van der Waals surface area (Å²) in [6, 6.07) is 17.5. The number of nitrogens with one attached hydrogen (secondary N) is 3. The lowest BCUT2D eigenvalue weighted by atomic mass is 9.86. The molecule has 0 amide bonds. The molecule has 0 radical (unpaired) electrons. The number of ether oxygens (including phenoxy) is 2. The lowest BCUT2D eigenvalue weighted by Gasteiger charge is -2.19. The molecule has 1 fully saturated rings. The van der Waals surface area contributed by atoms with Crippen molar-refractivity contribution in [1.82, 2.24) is 15.3 Å². The predicted octanol–water partition coefficient (Wildman–Crippen LogP) is 2.87. The van der Waals surface area contributed by atoms with Crippen molar-refractivity contribution in [2.45, 2.75) is 18.4 Å². The zero-order chi connectivity index (χ0) is 20.9. The third-order valence-corrected chi connectivity index (χ3v) is 5.47. The van der Waals surface area contributed by atoms with Gasteiger partial charge in [-0.3, -0.25) is 9.78 Å². The van der Waals surface area contributed by atoms with Crippen LogP contribution in [0.15, 0.2) is 59.4 Å². The third-order valence-electron chi connectivity index (χ3n) is 5.47. The third kappa shape index (κ3) is 4.46. The quantitative estimate of drug-likeness (QED) is 0.559. The molecule has 4 rings (SSSR count). The van der Waals surface area contributed by atoms with Crippen LogP contribution in [0.5, 0.6) is 11.5 Å². The first-order valence-electron chi connectivity index (χ1n) is 9.99. The molecule has 0 unspecified atom stereocenters. The summed E-state index contributed by atoms with van der Waals surface area (Å²) in [4.78, 5) is 19.8. The Morgan fingerprint density at radius 2 is 1.73 bits per heavy atom. The average Bonchev–Trinajstić information content (AvgIpc) is 3.28.